The molecule has 0 saturated carbocycles. The van der Waals surface area contributed by atoms with Crippen molar-refractivity contribution >= 4 is 5.97 Å². The van der Waals surface area contributed by atoms with Crippen molar-refractivity contribution in [3.8, 4) is 11.4 Å². The standard InChI is InChI=1S/C18H18N4O3/c1-13-8-10-16(11-9-13)25-14(2)18(23)24-12-17-19-20-21-22(17)15-6-4-3-5-7-15/h3-11,14H,12H2,1-2H3. The Hall–Kier alpha value is -3.22. The molecule has 1 atom stereocenters. The van der Waals surface area contributed by atoms with Crippen molar-refractivity contribution in [2.45, 2.75) is 26.6 Å². The minimum atomic E-state index is -0.733. The van der Waals surface area contributed by atoms with Gasteiger partial charge in [-0.25, -0.2) is 4.79 Å². The van der Waals surface area contributed by atoms with E-state index in [0.29, 0.717) is 11.6 Å². The van der Waals surface area contributed by atoms with Crippen LogP contribution in [0.2, 0.25) is 0 Å². The number of para-hydroxylation sites is 1. The maximum Gasteiger partial charge on any atom is 0.347 e. The number of hydrogen-bond donors (Lipinski definition) is 0. The Labute approximate surface area is 145 Å². The number of carbonyl (C=O) groups is 1. The van der Waals surface area contributed by atoms with Crippen LogP contribution in [0.1, 0.15) is 18.3 Å². The molecule has 0 saturated heterocycles. The summed E-state index contributed by atoms with van der Waals surface area (Å²) in [5, 5.41) is 11.5. The molecule has 0 aliphatic heterocycles. The van der Waals surface area contributed by atoms with E-state index in [1.54, 1.807) is 6.92 Å². The highest BCUT2D eigenvalue weighted by Crippen LogP contribution is 2.14. The number of aromatic nitrogens is 4. The molecule has 25 heavy (non-hydrogen) atoms. The maximum atomic E-state index is 12.1. The lowest BCUT2D eigenvalue weighted by molar-refractivity contribution is -0.152. The molecule has 0 aliphatic carbocycles. The molecule has 1 unspecified atom stereocenters. The lowest BCUT2D eigenvalue weighted by atomic mass is 10.2. The van der Waals surface area contributed by atoms with Crippen molar-refractivity contribution in [2.24, 2.45) is 0 Å². The van der Waals surface area contributed by atoms with Crippen LogP contribution in [0.25, 0.3) is 5.69 Å². The van der Waals surface area contributed by atoms with E-state index < -0.39 is 12.1 Å². The molecule has 0 spiro atoms. The molecular weight excluding hydrogens is 320 g/mol. The van der Waals surface area contributed by atoms with Gasteiger partial charge in [0.1, 0.15) is 5.75 Å². The van der Waals surface area contributed by atoms with E-state index in [2.05, 4.69) is 15.5 Å². The Morgan fingerprint density at radius 2 is 1.84 bits per heavy atom. The van der Waals surface area contributed by atoms with Gasteiger partial charge < -0.3 is 9.47 Å². The first kappa shape index (κ1) is 16.6. The number of esters is 1. The summed E-state index contributed by atoms with van der Waals surface area (Å²) in [5.41, 5.74) is 1.91. The molecule has 1 heterocycles. The molecule has 0 radical (unpaired) electrons. The SMILES string of the molecule is Cc1ccc(OC(C)C(=O)OCc2nnnn2-c2ccccc2)cc1. The Bertz CT molecular complexity index is 831. The Morgan fingerprint density at radius 3 is 2.56 bits per heavy atom. The fourth-order valence-electron chi connectivity index (χ4n) is 2.19. The molecule has 7 heteroatoms. The number of benzene rings is 2. The first-order chi connectivity index (χ1) is 12.1. The second-order valence-corrected chi connectivity index (χ2v) is 5.52. The lowest BCUT2D eigenvalue weighted by Crippen LogP contribution is -2.26. The first-order valence-corrected chi connectivity index (χ1v) is 7.86. The highest BCUT2D eigenvalue weighted by atomic mass is 16.6. The van der Waals surface area contributed by atoms with E-state index in [1.807, 2.05) is 61.5 Å². The van der Waals surface area contributed by atoms with Crippen molar-refractivity contribution in [2.75, 3.05) is 0 Å². The van der Waals surface area contributed by atoms with Gasteiger partial charge in [-0.1, -0.05) is 35.9 Å². The number of aryl methyl sites for hydroxylation is 1. The van der Waals surface area contributed by atoms with Crippen molar-refractivity contribution in [3.63, 3.8) is 0 Å². The topological polar surface area (TPSA) is 79.1 Å². The quantitative estimate of drug-likeness (QED) is 0.643. The third-order valence-electron chi connectivity index (χ3n) is 3.54. The number of tetrazole rings is 1. The van der Waals surface area contributed by atoms with Gasteiger partial charge in [-0.15, -0.1) is 5.10 Å². The van der Waals surface area contributed by atoms with Crippen LogP contribution in [0.3, 0.4) is 0 Å². The van der Waals surface area contributed by atoms with Gasteiger partial charge >= 0.3 is 5.97 Å². The lowest BCUT2D eigenvalue weighted by Gasteiger charge is -2.14. The van der Waals surface area contributed by atoms with Crippen LogP contribution < -0.4 is 4.74 Å². The van der Waals surface area contributed by atoms with E-state index in [0.717, 1.165) is 11.3 Å². The average molecular weight is 338 g/mol. The van der Waals surface area contributed by atoms with E-state index in [-0.39, 0.29) is 6.61 Å². The van der Waals surface area contributed by atoms with Crippen LogP contribution in [0.15, 0.2) is 54.6 Å². The van der Waals surface area contributed by atoms with Gasteiger partial charge in [0.15, 0.2) is 18.5 Å². The predicted octanol–water partition coefficient (Wildman–Crippen LogP) is 2.48. The third kappa shape index (κ3) is 4.20. The first-order valence-electron chi connectivity index (χ1n) is 7.86. The van der Waals surface area contributed by atoms with E-state index in [1.165, 1.54) is 4.68 Å². The summed E-state index contributed by atoms with van der Waals surface area (Å²) in [7, 11) is 0. The van der Waals surface area contributed by atoms with Gasteiger partial charge in [-0.3, -0.25) is 0 Å². The molecule has 7 nitrogen and oxygen atoms in total. The van der Waals surface area contributed by atoms with E-state index in [4.69, 9.17) is 9.47 Å². The summed E-state index contributed by atoms with van der Waals surface area (Å²) in [6.07, 6.45) is -0.733. The molecule has 0 fully saturated rings. The van der Waals surface area contributed by atoms with E-state index >= 15 is 0 Å². The van der Waals surface area contributed by atoms with Crippen molar-refractivity contribution in [3.05, 3.63) is 66.0 Å². The van der Waals surface area contributed by atoms with Gasteiger partial charge in [0.05, 0.1) is 5.69 Å². The second kappa shape index (κ2) is 7.57. The smallest absolute Gasteiger partial charge is 0.347 e. The highest BCUT2D eigenvalue weighted by Gasteiger charge is 2.18. The van der Waals surface area contributed by atoms with Crippen LogP contribution >= 0.6 is 0 Å². The summed E-state index contributed by atoms with van der Waals surface area (Å²) >= 11 is 0. The van der Waals surface area contributed by atoms with Gasteiger partial charge in [0, 0.05) is 0 Å². The number of carbonyl (C=O) groups excluding carboxylic acids is 1. The number of nitrogens with zero attached hydrogens (tertiary/aromatic N) is 4. The number of ether oxygens (including phenoxy) is 2. The Balaban J connectivity index is 1.59. The van der Waals surface area contributed by atoms with Crippen LogP contribution in [0.5, 0.6) is 5.75 Å². The number of hydrogen-bond acceptors (Lipinski definition) is 6. The molecule has 0 N–H and O–H groups in total. The summed E-state index contributed by atoms with van der Waals surface area (Å²) in [5.74, 6) is 0.564. The summed E-state index contributed by atoms with van der Waals surface area (Å²) in [6.45, 7) is 3.59. The van der Waals surface area contributed by atoms with Crippen molar-refractivity contribution in [1.29, 1.82) is 0 Å². The molecule has 128 valence electrons. The van der Waals surface area contributed by atoms with Gasteiger partial charge in [-0.05, 0) is 48.5 Å². The normalized spacial score (nSPS) is 11.8. The highest BCUT2D eigenvalue weighted by molar-refractivity contribution is 5.74. The molecule has 0 amide bonds. The Morgan fingerprint density at radius 1 is 1.12 bits per heavy atom. The van der Waals surface area contributed by atoms with Crippen molar-refractivity contribution < 1.29 is 14.3 Å². The summed E-state index contributed by atoms with van der Waals surface area (Å²) in [4.78, 5) is 12.1. The van der Waals surface area contributed by atoms with Crippen LogP contribution in [-0.2, 0) is 16.1 Å². The zero-order valence-corrected chi connectivity index (χ0v) is 14.0. The van der Waals surface area contributed by atoms with Crippen LogP contribution in [0, 0.1) is 6.92 Å². The zero-order chi connectivity index (χ0) is 17.6. The molecule has 2 aromatic carbocycles. The molecule has 1 aromatic heterocycles. The van der Waals surface area contributed by atoms with Gasteiger partial charge in [-0.2, -0.15) is 4.68 Å². The van der Waals surface area contributed by atoms with Crippen LogP contribution in [-0.4, -0.2) is 32.3 Å². The molecule has 0 aliphatic rings. The summed E-state index contributed by atoms with van der Waals surface area (Å²) < 4.78 is 12.4. The molecule has 3 rings (SSSR count). The number of rotatable bonds is 6. The van der Waals surface area contributed by atoms with E-state index in [9.17, 15) is 4.79 Å². The fraction of sp³-hybridized carbons (Fsp3) is 0.222. The zero-order valence-electron chi connectivity index (χ0n) is 14.0. The minimum absolute atomic E-state index is 0.0394. The second-order valence-electron chi connectivity index (χ2n) is 5.52. The molecule has 3 aromatic rings. The minimum Gasteiger partial charge on any atom is -0.479 e. The van der Waals surface area contributed by atoms with Crippen molar-refractivity contribution in [1.82, 2.24) is 20.2 Å². The van der Waals surface area contributed by atoms with Gasteiger partial charge in [0.25, 0.3) is 0 Å². The predicted molar refractivity (Wildman–Crippen MR) is 90.2 cm³/mol. The summed E-state index contributed by atoms with van der Waals surface area (Å²) in [6, 6.07) is 16.9. The van der Waals surface area contributed by atoms with Gasteiger partial charge in [0.2, 0.25) is 0 Å². The molecule has 0 bridgehead atoms. The maximum absolute atomic E-state index is 12.1. The fourth-order valence-corrected chi connectivity index (χ4v) is 2.19. The largest absolute Gasteiger partial charge is 0.479 e. The Kier molecular flexibility index (Phi) is 5.03. The average Bonchev–Trinajstić information content (AvgIpc) is 3.11. The molecular formula is C18H18N4O3. The van der Waals surface area contributed by atoms with Crippen LogP contribution in [0.4, 0.5) is 0 Å². The third-order valence-corrected chi connectivity index (χ3v) is 3.54. The monoisotopic (exact) mass is 338 g/mol.